The minimum atomic E-state index is -1.75. The molecule has 0 aliphatic heterocycles. The summed E-state index contributed by atoms with van der Waals surface area (Å²) in [5, 5.41) is 24.7. The third-order valence-electron chi connectivity index (χ3n) is 2.00. The number of pyridine rings is 2. The number of carbonyl (C=O) groups excluding carboxylic acids is 1. The van der Waals surface area contributed by atoms with Crippen LogP contribution in [0.25, 0.3) is 11.4 Å². The monoisotopic (exact) mass is 380 g/mol. The molecule has 1 radical (unpaired) electrons. The predicted molar refractivity (Wildman–Crippen MR) is 82.3 cm³/mol. The molecule has 0 fully saturated rings. The van der Waals surface area contributed by atoms with Crippen LogP contribution in [0.5, 0.6) is 0 Å². The Bertz CT molecular complexity index is 591. The molecule has 0 aromatic carbocycles. The largest absolute Gasteiger partial charge is 2.00 e. The average Bonchev–Trinajstić information content (AvgIpc) is 2.48. The van der Waals surface area contributed by atoms with Crippen molar-refractivity contribution < 1.29 is 32.1 Å². The molecule has 0 aliphatic rings. The van der Waals surface area contributed by atoms with E-state index in [9.17, 15) is 9.90 Å². The molecule has 24 heavy (non-hydrogen) atoms. The van der Waals surface area contributed by atoms with E-state index >= 15 is 0 Å². The first-order valence-corrected chi connectivity index (χ1v) is 6.32. The SMILES string of the molecule is CC(=O)/C=C(/C)[O-].O=[N+]([O-])[O-].[Cu+2].c1ccc(-c2ccccn2)nc1. The van der Waals surface area contributed by atoms with Crippen LogP contribution in [0.3, 0.4) is 0 Å². The summed E-state index contributed by atoms with van der Waals surface area (Å²) < 4.78 is 0. The van der Waals surface area contributed by atoms with Crippen LogP contribution in [0.15, 0.2) is 60.6 Å². The van der Waals surface area contributed by atoms with Crippen LogP contribution in [0.1, 0.15) is 13.8 Å². The first kappa shape index (κ1) is 23.5. The van der Waals surface area contributed by atoms with Gasteiger partial charge in [0.1, 0.15) is 0 Å². The van der Waals surface area contributed by atoms with Gasteiger partial charge in [0.25, 0.3) is 0 Å². The first-order valence-electron chi connectivity index (χ1n) is 6.32. The van der Waals surface area contributed by atoms with Crippen molar-refractivity contribution in [2.45, 2.75) is 13.8 Å². The third-order valence-corrected chi connectivity index (χ3v) is 2.00. The maximum atomic E-state index is 9.98. The van der Waals surface area contributed by atoms with Crippen LogP contribution in [0.2, 0.25) is 0 Å². The van der Waals surface area contributed by atoms with Crippen molar-refractivity contribution in [2.24, 2.45) is 0 Å². The van der Waals surface area contributed by atoms with Crippen molar-refractivity contribution in [3.05, 3.63) is 75.9 Å². The van der Waals surface area contributed by atoms with Crippen molar-refractivity contribution in [1.29, 1.82) is 0 Å². The minimum Gasteiger partial charge on any atom is -0.876 e. The van der Waals surface area contributed by atoms with Gasteiger partial charge in [-0.2, -0.15) is 0 Å². The molecule has 2 aromatic rings. The summed E-state index contributed by atoms with van der Waals surface area (Å²) in [5.41, 5.74) is 1.83. The van der Waals surface area contributed by atoms with Crippen LogP contribution >= 0.6 is 0 Å². The smallest absolute Gasteiger partial charge is 0.876 e. The summed E-state index contributed by atoms with van der Waals surface area (Å²) >= 11 is 0. The zero-order valence-corrected chi connectivity index (χ0v) is 13.8. The molecule has 0 unspecified atom stereocenters. The van der Waals surface area contributed by atoms with E-state index in [-0.39, 0.29) is 28.6 Å². The number of hydrogen-bond donors (Lipinski definition) is 0. The van der Waals surface area contributed by atoms with Gasteiger partial charge >= 0.3 is 17.1 Å². The summed E-state index contributed by atoms with van der Waals surface area (Å²) in [4.78, 5) is 26.6. The molecule has 0 N–H and O–H groups in total. The molecule has 0 amide bonds. The maximum absolute atomic E-state index is 9.98. The number of carbonyl (C=O) groups is 1. The van der Waals surface area contributed by atoms with E-state index in [1.807, 2.05) is 36.4 Å². The van der Waals surface area contributed by atoms with Gasteiger partial charge in [0.05, 0.1) is 16.5 Å². The maximum Gasteiger partial charge on any atom is 2.00 e. The second-order valence-electron chi connectivity index (χ2n) is 4.02. The third kappa shape index (κ3) is 14.2. The van der Waals surface area contributed by atoms with E-state index in [0.717, 1.165) is 17.5 Å². The number of rotatable bonds is 2. The van der Waals surface area contributed by atoms with Crippen molar-refractivity contribution in [1.82, 2.24) is 9.97 Å². The van der Waals surface area contributed by atoms with E-state index in [2.05, 4.69) is 9.97 Å². The van der Waals surface area contributed by atoms with E-state index < -0.39 is 5.09 Å². The molecule has 0 saturated carbocycles. The van der Waals surface area contributed by atoms with Crippen LogP contribution in [0.4, 0.5) is 0 Å². The standard InChI is InChI=1S/C10H8N2.C5H8O2.Cu.NO3/c1-3-7-11-9(5-1)10-6-2-4-8-12-10;1-4(6)3-5(2)7;;2-1(3)4/h1-8H;3,6H,1-2H3;;/q;;+2;-1/p-1/b;4-3-;;. The van der Waals surface area contributed by atoms with Crippen LogP contribution in [-0.4, -0.2) is 20.8 Å². The van der Waals surface area contributed by atoms with Crippen LogP contribution in [0, 0.1) is 15.3 Å². The molecule has 0 aliphatic carbocycles. The fourth-order valence-corrected chi connectivity index (χ4v) is 1.31. The number of ketones is 1. The zero-order chi connectivity index (χ0) is 17.7. The average molecular weight is 381 g/mol. The molecule has 0 bridgehead atoms. The predicted octanol–water partition coefficient (Wildman–Crippen LogP) is 1.74. The van der Waals surface area contributed by atoms with Crippen molar-refractivity contribution in [2.75, 3.05) is 0 Å². The Kier molecular flexibility index (Phi) is 13.6. The van der Waals surface area contributed by atoms with Gasteiger partial charge in [-0.1, -0.05) is 19.1 Å². The molecule has 9 heteroatoms. The molecule has 2 rings (SSSR count). The molecule has 2 heterocycles. The molecule has 8 nitrogen and oxygen atoms in total. The normalized spacial score (nSPS) is 9.17. The summed E-state index contributed by atoms with van der Waals surface area (Å²) in [6.07, 6.45) is 4.59. The fraction of sp³-hybridized carbons (Fsp3) is 0.133. The summed E-state index contributed by atoms with van der Waals surface area (Å²) in [5.74, 6) is -0.375. The van der Waals surface area contributed by atoms with E-state index in [1.54, 1.807) is 12.4 Å². The van der Waals surface area contributed by atoms with E-state index in [1.165, 1.54) is 13.8 Å². The molecule has 0 saturated heterocycles. The number of allylic oxidation sites excluding steroid dienone is 2. The van der Waals surface area contributed by atoms with Gasteiger partial charge in [-0.3, -0.25) is 14.8 Å². The van der Waals surface area contributed by atoms with Gasteiger partial charge in [-0.25, -0.2) is 0 Å². The molecule has 0 spiro atoms. The second-order valence-corrected chi connectivity index (χ2v) is 4.02. The summed E-state index contributed by atoms with van der Waals surface area (Å²) in [7, 11) is 0. The Balaban J connectivity index is 0. The van der Waals surface area contributed by atoms with Gasteiger partial charge in [-0.05, 0) is 37.3 Å². The number of nitrogens with zero attached hydrogens (tertiary/aromatic N) is 3. The molecule has 131 valence electrons. The zero-order valence-electron chi connectivity index (χ0n) is 12.9. The van der Waals surface area contributed by atoms with Crippen molar-refractivity contribution in [3.63, 3.8) is 0 Å². The Labute approximate surface area is 149 Å². The summed E-state index contributed by atoms with van der Waals surface area (Å²) in [6, 6.07) is 11.6. The Hall–Kier alpha value is -2.77. The van der Waals surface area contributed by atoms with Gasteiger partial charge in [-0.15, -0.1) is 5.76 Å². The Morgan fingerprint density at radius 1 is 1.00 bits per heavy atom. The van der Waals surface area contributed by atoms with Crippen LogP contribution < -0.4 is 5.11 Å². The van der Waals surface area contributed by atoms with E-state index in [4.69, 9.17) is 15.3 Å². The quantitative estimate of drug-likeness (QED) is 0.255. The molecule has 2 aromatic heterocycles. The van der Waals surface area contributed by atoms with Gasteiger partial charge in [0, 0.05) is 12.4 Å². The van der Waals surface area contributed by atoms with E-state index in [0.29, 0.717) is 0 Å². The topological polar surface area (TPSA) is 132 Å². The number of aromatic nitrogens is 2. The number of hydrogen-bond acceptors (Lipinski definition) is 7. The van der Waals surface area contributed by atoms with Gasteiger partial charge in [0.2, 0.25) is 0 Å². The molecular formula is C15H15CuN3O5. The molecule has 0 atom stereocenters. The minimum absolute atomic E-state index is 0. The van der Waals surface area contributed by atoms with Crippen molar-refractivity contribution >= 4 is 5.78 Å². The van der Waals surface area contributed by atoms with Gasteiger partial charge in [0.15, 0.2) is 5.78 Å². The second kappa shape index (κ2) is 13.9. The Morgan fingerprint density at radius 3 is 1.54 bits per heavy atom. The van der Waals surface area contributed by atoms with Crippen LogP contribution in [-0.2, 0) is 21.9 Å². The van der Waals surface area contributed by atoms with Crippen molar-refractivity contribution in [3.8, 4) is 11.4 Å². The fourth-order valence-electron chi connectivity index (χ4n) is 1.31. The first-order chi connectivity index (χ1) is 10.8. The Morgan fingerprint density at radius 2 is 1.38 bits per heavy atom. The molecular weight excluding hydrogens is 366 g/mol. The summed E-state index contributed by atoms with van der Waals surface area (Å²) in [6.45, 7) is 2.70. The van der Waals surface area contributed by atoms with Gasteiger partial charge < -0.3 is 20.4 Å².